The van der Waals surface area contributed by atoms with E-state index in [4.69, 9.17) is 0 Å². The summed E-state index contributed by atoms with van der Waals surface area (Å²) in [6, 6.07) is 9.89. The van der Waals surface area contributed by atoms with E-state index >= 15 is 0 Å². The first-order chi connectivity index (χ1) is 9.69. The third-order valence-corrected chi connectivity index (χ3v) is 3.70. The van der Waals surface area contributed by atoms with Gasteiger partial charge in [0.05, 0.1) is 11.8 Å². The van der Waals surface area contributed by atoms with Crippen molar-refractivity contribution in [2.75, 3.05) is 5.75 Å². The summed E-state index contributed by atoms with van der Waals surface area (Å²) in [7, 11) is 0. The molecule has 0 fully saturated rings. The molecule has 1 aromatic carbocycles. The molecule has 2 aromatic rings. The van der Waals surface area contributed by atoms with Crippen molar-refractivity contribution < 1.29 is 4.79 Å². The van der Waals surface area contributed by atoms with E-state index in [1.54, 1.807) is 0 Å². The molecule has 0 aliphatic heterocycles. The third-order valence-electron chi connectivity index (χ3n) is 2.86. The van der Waals surface area contributed by atoms with Crippen LogP contribution in [0.25, 0.3) is 0 Å². The maximum Gasteiger partial charge on any atom is 0.230 e. The Hall–Kier alpha value is -1.82. The summed E-state index contributed by atoms with van der Waals surface area (Å²) in [6.45, 7) is 3.98. The monoisotopic (exact) mass is 290 g/mol. The van der Waals surface area contributed by atoms with Gasteiger partial charge in [0.2, 0.25) is 11.1 Å². The molecule has 1 aromatic heterocycles. The molecular formula is C14H18N4OS. The van der Waals surface area contributed by atoms with Crippen LogP contribution < -0.4 is 5.32 Å². The number of amides is 1. The van der Waals surface area contributed by atoms with E-state index in [2.05, 4.69) is 20.5 Å². The van der Waals surface area contributed by atoms with E-state index in [0.29, 0.717) is 10.9 Å². The zero-order valence-electron chi connectivity index (χ0n) is 11.6. The molecule has 2 rings (SSSR count). The number of carbonyl (C=O) groups is 1. The summed E-state index contributed by atoms with van der Waals surface area (Å²) < 4.78 is 0. The van der Waals surface area contributed by atoms with Crippen LogP contribution in [0.4, 0.5) is 0 Å². The fourth-order valence-electron chi connectivity index (χ4n) is 1.74. The number of thioether (sulfide) groups is 1. The van der Waals surface area contributed by atoms with Crippen molar-refractivity contribution >= 4 is 17.7 Å². The Morgan fingerprint density at radius 2 is 2.15 bits per heavy atom. The van der Waals surface area contributed by atoms with Gasteiger partial charge in [-0.2, -0.15) is 0 Å². The third kappa shape index (κ3) is 4.09. The van der Waals surface area contributed by atoms with Crippen molar-refractivity contribution in [2.45, 2.75) is 31.5 Å². The van der Waals surface area contributed by atoms with Crippen LogP contribution in [0.15, 0.2) is 35.5 Å². The number of nitrogens with one attached hydrogen (secondary N) is 2. The molecule has 0 aliphatic carbocycles. The second kappa shape index (κ2) is 7.09. The van der Waals surface area contributed by atoms with Crippen molar-refractivity contribution in [3.63, 3.8) is 0 Å². The summed E-state index contributed by atoms with van der Waals surface area (Å²) in [5.74, 6) is 1.14. The molecule has 1 unspecified atom stereocenters. The molecule has 5 nitrogen and oxygen atoms in total. The van der Waals surface area contributed by atoms with Gasteiger partial charge in [-0.05, 0) is 12.5 Å². The number of aromatic amines is 1. The zero-order chi connectivity index (χ0) is 14.4. The van der Waals surface area contributed by atoms with E-state index < -0.39 is 0 Å². The molecule has 0 radical (unpaired) electrons. The Morgan fingerprint density at radius 1 is 1.40 bits per heavy atom. The van der Waals surface area contributed by atoms with Crippen LogP contribution in [0.3, 0.4) is 0 Å². The molecule has 1 amide bonds. The first kappa shape index (κ1) is 14.6. The van der Waals surface area contributed by atoms with E-state index in [-0.39, 0.29) is 11.9 Å². The van der Waals surface area contributed by atoms with Crippen LogP contribution in [0, 0.1) is 0 Å². The van der Waals surface area contributed by atoms with Gasteiger partial charge in [0.25, 0.3) is 0 Å². The lowest BCUT2D eigenvalue weighted by Crippen LogP contribution is -2.28. The van der Waals surface area contributed by atoms with Crippen LogP contribution in [0.5, 0.6) is 0 Å². The lowest BCUT2D eigenvalue weighted by atomic mass is 10.1. The van der Waals surface area contributed by atoms with Gasteiger partial charge in [0.15, 0.2) is 0 Å². The highest BCUT2D eigenvalue weighted by Gasteiger charge is 2.11. The standard InChI is InChI=1S/C14H18N4OS/c1-3-12-16-14(18-17-12)20-9-13(19)15-10(2)11-7-5-4-6-8-11/h4-8,10H,3,9H2,1-2H3,(H,15,19)(H,16,17,18). The van der Waals surface area contributed by atoms with Gasteiger partial charge in [0, 0.05) is 6.42 Å². The Kier molecular flexibility index (Phi) is 5.17. The predicted octanol–water partition coefficient (Wildman–Crippen LogP) is 2.34. The maximum absolute atomic E-state index is 11.9. The van der Waals surface area contributed by atoms with Gasteiger partial charge in [-0.3, -0.25) is 9.89 Å². The number of hydrogen-bond acceptors (Lipinski definition) is 4. The summed E-state index contributed by atoms with van der Waals surface area (Å²) in [4.78, 5) is 16.1. The summed E-state index contributed by atoms with van der Waals surface area (Å²) in [6.07, 6.45) is 0.810. The van der Waals surface area contributed by atoms with Crippen LogP contribution in [0.1, 0.15) is 31.3 Å². The summed E-state index contributed by atoms with van der Waals surface area (Å²) >= 11 is 1.34. The minimum absolute atomic E-state index is 0.00245. The fourth-order valence-corrected chi connectivity index (χ4v) is 2.37. The van der Waals surface area contributed by atoms with Gasteiger partial charge in [-0.1, -0.05) is 49.0 Å². The number of rotatable bonds is 6. The maximum atomic E-state index is 11.9. The van der Waals surface area contributed by atoms with Crippen LogP contribution in [0.2, 0.25) is 0 Å². The van der Waals surface area contributed by atoms with Gasteiger partial charge in [0.1, 0.15) is 5.82 Å². The predicted molar refractivity (Wildman–Crippen MR) is 79.5 cm³/mol. The van der Waals surface area contributed by atoms with E-state index in [9.17, 15) is 4.79 Å². The van der Waals surface area contributed by atoms with Crippen LogP contribution in [-0.4, -0.2) is 26.8 Å². The molecule has 106 valence electrons. The van der Waals surface area contributed by atoms with Crippen molar-refractivity contribution in [3.8, 4) is 0 Å². The number of hydrogen-bond donors (Lipinski definition) is 2. The smallest absolute Gasteiger partial charge is 0.230 e. The summed E-state index contributed by atoms with van der Waals surface area (Å²) in [5, 5.41) is 10.5. The first-order valence-electron chi connectivity index (χ1n) is 6.57. The van der Waals surface area contributed by atoms with Gasteiger partial charge in [-0.25, -0.2) is 4.98 Å². The van der Waals surface area contributed by atoms with Crippen molar-refractivity contribution in [2.24, 2.45) is 0 Å². The highest BCUT2D eigenvalue weighted by Crippen LogP contribution is 2.14. The molecule has 20 heavy (non-hydrogen) atoms. The largest absolute Gasteiger partial charge is 0.349 e. The Morgan fingerprint density at radius 3 is 2.80 bits per heavy atom. The number of aromatic nitrogens is 3. The average molecular weight is 290 g/mol. The van der Waals surface area contributed by atoms with Gasteiger partial charge in [-0.15, -0.1) is 5.10 Å². The Bertz CT molecular complexity index is 555. The van der Waals surface area contributed by atoms with Crippen molar-refractivity contribution in [3.05, 3.63) is 41.7 Å². The van der Waals surface area contributed by atoms with Crippen molar-refractivity contribution in [1.29, 1.82) is 0 Å². The number of H-pyrrole nitrogens is 1. The minimum atomic E-state index is -0.0193. The quantitative estimate of drug-likeness (QED) is 0.801. The molecule has 2 N–H and O–H groups in total. The Labute approximate surface area is 122 Å². The van der Waals surface area contributed by atoms with Gasteiger partial charge >= 0.3 is 0 Å². The molecule has 1 atom stereocenters. The first-order valence-corrected chi connectivity index (χ1v) is 7.56. The van der Waals surface area contributed by atoms with E-state index in [1.807, 2.05) is 44.2 Å². The van der Waals surface area contributed by atoms with E-state index in [1.165, 1.54) is 11.8 Å². The zero-order valence-corrected chi connectivity index (χ0v) is 12.4. The van der Waals surface area contributed by atoms with Crippen LogP contribution >= 0.6 is 11.8 Å². The molecular weight excluding hydrogens is 272 g/mol. The molecule has 0 bridgehead atoms. The minimum Gasteiger partial charge on any atom is -0.349 e. The molecule has 0 saturated carbocycles. The van der Waals surface area contributed by atoms with Crippen LogP contribution in [-0.2, 0) is 11.2 Å². The number of aryl methyl sites for hydroxylation is 1. The summed E-state index contributed by atoms with van der Waals surface area (Å²) in [5.41, 5.74) is 1.09. The topological polar surface area (TPSA) is 70.7 Å². The molecule has 6 heteroatoms. The fraction of sp³-hybridized carbons (Fsp3) is 0.357. The van der Waals surface area contributed by atoms with E-state index in [0.717, 1.165) is 17.8 Å². The number of benzene rings is 1. The molecule has 0 saturated heterocycles. The number of nitrogens with zero attached hydrogens (tertiary/aromatic N) is 2. The number of carbonyl (C=O) groups excluding carboxylic acids is 1. The lowest BCUT2D eigenvalue weighted by Gasteiger charge is -2.13. The lowest BCUT2D eigenvalue weighted by molar-refractivity contribution is -0.119. The van der Waals surface area contributed by atoms with Crippen molar-refractivity contribution in [1.82, 2.24) is 20.5 Å². The second-order valence-corrected chi connectivity index (χ2v) is 5.35. The molecule has 1 heterocycles. The molecule has 0 spiro atoms. The second-order valence-electron chi connectivity index (χ2n) is 4.41. The normalized spacial score (nSPS) is 12.1. The SMILES string of the molecule is CCc1nc(SCC(=O)NC(C)c2ccccc2)n[nH]1. The molecule has 0 aliphatic rings. The van der Waals surface area contributed by atoms with Gasteiger partial charge < -0.3 is 5.32 Å². The highest BCUT2D eigenvalue weighted by molar-refractivity contribution is 7.99. The average Bonchev–Trinajstić information content (AvgIpc) is 2.94. The highest BCUT2D eigenvalue weighted by atomic mass is 32.2. The Balaban J connectivity index is 1.80.